The maximum Gasteiger partial charge on any atom is 0.260 e. The molecule has 5 nitrogen and oxygen atoms in total. The number of amides is 1. The number of carbonyl (C=O) groups is 1. The van der Waals surface area contributed by atoms with Crippen molar-refractivity contribution < 1.29 is 14.3 Å². The van der Waals surface area contributed by atoms with Crippen LogP contribution in [0.25, 0.3) is 0 Å². The van der Waals surface area contributed by atoms with Gasteiger partial charge in [-0.15, -0.1) is 19.0 Å². The van der Waals surface area contributed by atoms with E-state index in [1.807, 2.05) is 29.2 Å². The fraction of sp³-hybridized carbons (Fsp3) is 0.571. The van der Waals surface area contributed by atoms with Crippen molar-refractivity contribution in [2.45, 2.75) is 38.1 Å². The number of methoxy groups -OCH3 is 1. The van der Waals surface area contributed by atoms with Crippen LogP contribution in [-0.2, 0) is 11.2 Å². The van der Waals surface area contributed by atoms with Crippen LogP contribution < -0.4 is 14.8 Å². The van der Waals surface area contributed by atoms with E-state index < -0.39 is 0 Å². The topological polar surface area (TPSA) is 50.8 Å². The molecule has 1 heterocycles. The minimum atomic E-state index is 0. The summed E-state index contributed by atoms with van der Waals surface area (Å²) in [6, 6.07) is 6.32. The maximum absolute atomic E-state index is 12.4. The molecule has 1 aliphatic carbocycles. The quantitative estimate of drug-likeness (QED) is 0.653. The van der Waals surface area contributed by atoms with E-state index in [4.69, 9.17) is 9.47 Å². The summed E-state index contributed by atoms with van der Waals surface area (Å²) in [6.07, 6.45) is 7.43. The molecule has 1 aromatic rings. The lowest BCUT2D eigenvalue weighted by Gasteiger charge is -2.32. The predicted octanol–water partition coefficient (Wildman–Crippen LogP) is 3.21. The van der Waals surface area contributed by atoms with E-state index in [0.717, 1.165) is 50.4 Å². The summed E-state index contributed by atoms with van der Waals surface area (Å²) in [6.45, 7) is 6.55. The van der Waals surface area contributed by atoms with Gasteiger partial charge in [0, 0.05) is 19.1 Å². The molecule has 1 amide bonds. The number of hydrogen-bond acceptors (Lipinski definition) is 4. The Kier molecular flexibility index (Phi) is 8.45. The van der Waals surface area contributed by atoms with E-state index in [1.54, 1.807) is 7.11 Å². The van der Waals surface area contributed by atoms with E-state index in [1.165, 1.54) is 12.8 Å². The number of ether oxygens (including phenoxy) is 2. The largest absolute Gasteiger partial charge is 0.493 e. The zero-order chi connectivity index (χ0) is 18.4. The first-order chi connectivity index (χ1) is 12.7. The van der Waals surface area contributed by atoms with Crippen LogP contribution in [0.1, 0.15) is 31.2 Å². The first-order valence-corrected chi connectivity index (χ1v) is 9.61. The summed E-state index contributed by atoms with van der Waals surface area (Å²) in [5.41, 5.74) is 1.11. The summed E-state index contributed by atoms with van der Waals surface area (Å²) < 4.78 is 11.1. The van der Waals surface area contributed by atoms with Gasteiger partial charge in [-0.3, -0.25) is 4.79 Å². The van der Waals surface area contributed by atoms with Gasteiger partial charge in [0.25, 0.3) is 5.91 Å². The number of benzene rings is 1. The van der Waals surface area contributed by atoms with Gasteiger partial charge in [0.05, 0.1) is 7.11 Å². The van der Waals surface area contributed by atoms with Gasteiger partial charge in [-0.05, 0) is 62.3 Å². The second-order valence-electron chi connectivity index (χ2n) is 7.27. The van der Waals surface area contributed by atoms with Gasteiger partial charge in [0.2, 0.25) is 0 Å². The lowest BCUT2D eigenvalue weighted by molar-refractivity contribution is -0.134. The molecule has 0 unspecified atom stereocenters. The maximum atomic E-state index is 12.4. The molecule has 1 N–H and O–H groups in total. The molecule has 27 heavy (non-hydrogen) atoms. The highest BCUT2D eigenvalue weighted by atomic mass is 35.5. The van der Waals surface area contributed by atoms with Gasteiger partial charge < -0.3 is 19.7 Å². The van der Waals surface area contributed by atoms with Crippen molar-refractivity contribution >= 4 is 18.3 Å². The van der Waals surface area contributed by atoms with Crippen LogP contribution in [0, 0.1) is 5.92 Å². The van der Waals surface area contributed by atoms with Gasteiger partial charge in [0.15, 0.2) is 18.1 Å². The van der Waals surface area contributed by atoms with Gasteiger partial charge in [-0.25, -0.2) is 0 Å². The van der Waals surface area contributed by atoms with Crippen LogP contribution in [0.5, 0.6) is 11.5 Å². The Morgan fingerprint density at radius 2 is 2.00 bits per heavy atom. The van der Waals surface area contributed by atoms with Gasteiger partial charge in [-0.2, -0.15) is 0 Å². The Bertz CT molecular complexity index is 626. The first-order valence-electron chi connectivity index (χ1n) is 9.61. The highest BCUT2D eigenvalue weighted by molar-refractivity contribution is 5.85. The number of nitrogens with zero attached hydrogens (tertiary/aromatic N) is 1. The molecule has 3 rings (SSSR count). The molecule has 6 heteroatoms. The first kappa shape index (κ1) is 21.6. The van der Waals surface area contributed by atoms with Crippen LogP contribution in [0.15, 0.2) is 30.9 Å². The van der Waals surface area contributed by atoms with Crippen molar-refractivity contribution in [1.29, 1.82) is 0 Å². The SMILES string of the molecule is C=CCc1ccc(OCC(=O)N2CCC(NCC3CC3)CC2)c(OC)c1.Cl. The van der Waals surface area contributed by atoms with Gasteiger partial charge in [0.1, 0.15) is 0 Å². The Morgan fingerprint density at radius 3 is 2.63 bits per heavy atom. The summed E-state index contributed by atoms with van der Waals surface area (Å²) >= 11 is 0. The van der Waals surface area contributed by atoms with Crippen molar-refractivity contribution in [3.8, 4) is 11.5 Å². The molecule has 1 aliphatic heterocycles. The molecule has 2 fully saturated rings. The minimum Gasteiger partial charge on any atom is -0.493 e. The Hall–Kier alpha value is -1.72. The molecule has 0 radical (unpaired) electrons. The fourth-order valence-corrected chi connectivity index (χ4v) is 3.34. The van der Waals surface area contributed by atoms with Crippen LogP contribution >= 0.6 is 12.4 Å². The Balaban J connectivity index is 0.00000261. The third-order valence-electron chi connectivity index (χ3n) is 5.20. The van der Waals surface area contributed by atoms with Crippen molar-refractivity contribution in [2.24, 2.45) is 5.92 Å². The third-order valence-corrected chi connectivity index (χ3v) is 5.20. The van der Waals surface area contributed by atoms with E-state index in [0.29, 0.717) is 17.5 Å². The molecule has 0 spiro atoms. The normalized spacial score (nSPS) is 17.1. The lowest BCUT2D eigenvalue weighted by atomic mass is 10.0. The summed E-state index contributed by atoms with van der Waals surface area (Å²) in [5, 5.41) is 3.64. The van der Waals surface area contributed by atoms with Crippen LogP contribution in [0.4, 0.5) is 0 Å². The second kappa shape index (κ2) is 10.6. The second-order valence-corrected chi connectivity index (χ2v) is 7.27. The smallest absolute Gasteiger partial charge is 0.260 e. The van der Waals surface area contributed by atoms with Crippen LogP contribution in [0.2, 0.25) is 0 Å². The van der Waals surface area contributed by atoms with Crippen LogP contribution in [0.3, 0.4) is 0 Å². The monoisotopic (exact) mass is 394 g/mol. The molecular weight excluding hydrogens is 364 g/mol. The van der Waals surface area contributed by atoms with Gasteiger partial charge >= 0.3 is 0 Å². The molecule has 0 atom stereocenters. The predicted molar refractivity (Wildman–Crippen MR) is 110 cm³/mol. The number of halogens is 1. The number of carbonyl (C=O) groups excluding carboxylic acids is 1. The number of rotatable bonds is 9. The molecule has 1 saturated heterocycles. The fourth-order valence-electron chi connectivity index (χ4n) is 3.34. The summed E-state index contributed by atoms with van der Waals surface area (Å²) in [7, 11) is 1.61. The highest BCUT2D eigenvalue weighted by Crippen LogP contribution is 2.29. The van der Waals surface area contributed by atoms with E-state index in [-0.39, 0.29) is 24.9 Å². The number of nitrogens with one attached hydrogen (secondary N) is 1. The van der Waals surface area contributed by atoms with E-state index >= 15 is 0 Å². The van der Waals surface area contributed by atoms with Gasteiger partial charge in [-0.1, -0.05) is 12.1 Å². The number of hydrogen-bond donors (Lipinski definition) is 1. The standard InChI is InChI=1S/C21H30N2O3.ClH/c1-3-4-16-7-8-19(20(13-16)25-2)26-15-21(24)23-11-9-18(10-12-23)22-14-17-5-6-17;/h3,7-8,13,17-18,22H,1,4-6,9-12,14-15H2,2H3;1H. The van der Waals surface area contributed by atoms with E-state index in [2.05, 4.69) is 11.9 Å². The lowest BCUT2D eigenvalue weighted by Crippen LogP contribution is -2.46. The molecule has 1 saturated carbocycles. The Morgan fingerprint density at radius 1 is 1.26 bits per heavy atom. The molecule has 150 valence electrons. The third kappa shape index (κ3) is 6.43. The molecule has 0 bridgehead atoms. The average Bonchev–Trinajstić information content (AvgIpc) is 3.50. The number of likely N-dealkylation sites (tertiary alicyclic amines) is 1. The average molecular weight is 395 g/mol. The number of allylic oxidation sites excluding steroid dienone is 1. The van der Waals surface area contributed by atoms with Crippen LogP contribution in [-0.4, -0.2) is 50.2 Å². The summed E-state index contributed by atoms with van der Waals surface area (Å²) in [5.74, 6) is 2.20. The number of piperidine rings is 1. The van der Waals surface area contributed by atoms with Crippen molar-refractivity contribution in [3.05, 3.63) is 36.4 Å². The minimum absolute atomic E-state index is 0. The molecular formula is C21H31ClN2O3. The molecule has 0 aromatic heterocycles. The van der Waals surface area contributed by atoms with Crippen molar-refractivity contribution in [1.82, 2.24) is 10.2 Å². The zero-order valence-electron chi connectivity index (χ0n) is 16.1. The molecule has 1 aromatic carbocycles. The van der Waals surface area contributed by atoms with E-state index in [9.17, 15) is 4.79 Å². The van der Waals surface area contributed by atoms with Crippen molar-refractivity contribution in [2.75, 3.05) is 33.4 Å². The zero-order valence-corrected chi connectivity index (χ0v) is 16.9. The Labute approximate surface area is 168 Å². The molecule has 2 aliphatic rings. The summed E-state index contributed by atoms with van der Waals surface area (Å²) in [4.78, 5) is 14.4. The highest BCUT2D eigenvalue weighted by Gasteiger charge is 2.26. The van der Waals surface area contributed by atoms with Crippen molar-refractivity contribution in [3.63, 3.8) is 0 Å².